The third-order valence-electron chi connectivity index (χ3n) is 4.72. The number of carbonyl (C=O) groups is 4. The molecule has 0 saturated carbocycles. The highest BCUT2D eigenvalue weighted by molar-refractivity contribution is 5.95. The monoisotopic (exact) mass is 492 g/mol. The van der Waals surface area contributed by atoms with Gasteiger partial charge in [-0.2, -0.15) is 0 Å². The van der Waals surface area contributed by atoms with Gasteiger partial charge in [0, 0.05) is 38.1 Å². The maximum absolute atomic E-state index is 12.2. The van der Waals surface area contributed by atoms with Crippen LogP contribution in [0.2, 0.25) is 0 Å². The maximum Gasteiger partial charge on any atom is 0.224 e. The molecule has 0 atom stereocenters. The lowest BCUT2D eigenvalue weighted by atomic mass is 10.2. The predicted molar refractivity (Wildman–Crippen MR) is 127 cm³/mol. The van der Waals surface area contributed by atoms with Crippen LogP contribution in [0, 0.1) is 0 Å². The zero-order valence-corrected chi connectivity index (χ0v) is 19.2. The molecule has 0 spiro atoms. The van der Waals surface area contributed by atoms with E-state index in [0.29, 0.717) is 24.2 Å². The molecule has 0 aliphatic heterocycles. The molecule has 14 nitrogen and oxygen atoms in total. The van der Waals surface area contributed by atoms with E-state index in [0.717, 1.165) is 0 Å². The molecule has 3 heterocycles. The second-order valence-electron chi connectivity index (χ2n) is 7.58. The van der Waals surface area contributed by atoms with Gasteiger partial charge in [0.1, 0.15) is 11.4 Å². The molecule has 6 N–H and O–H groups in total. The number of nitrogens with two attached hydrogens (primary N) is 2. The van der Waals surface area contributed by atoms with E-state index in [-0.39, 0.29) is 60.5 Å². The van der Waals surface area contributed by atoms with Gasteiger partial charge in [-0.1, -0.05) is 0 Å². The molecule has 14 heteroatoms. The molecule has 3 rings (SSSR count). The first kappa shape index (κ1) is 25.7. The summed E-state index contributed by atoms with van der Waals surface area (Å²) in [5.41, 5.74) is 11.4. The Hall–Kier alpha value is -4.88. The molecular weight excluding hydrogens is 468 g/mol. The molecule has 0 bridgehead atoms. The first-order valence-corrected chi connectivity index (χ1v) is 11.0. The van der Waals surface area contributed by atoms with E-state index in [1.54, 1.807) is 24.3 Å². The van der Waals surface area contributed by atoms with Gasteiger partial charge < -0.3 is 22.1 Å². The number of pyridine rings is 2. The normalized spacial score (nSPS) is 10.4. The third kappa shape index (κ3) is 7.58. The summed E-state index contributed by atoms with van der Waals surface area (Å²) in [6.07, 6.45) is 4.05. The van der Waals surface area contributed by atoms with Crippen LogP contribution in [0.3, 0.4) is 0 Å². The standard InChI is InChI=1S/C22H24N10O4/c23-15(33)7-1-9-17(35)27-13-5-3-11-25-19(13)21-29-31-22(32-30-21)20-14(6-4-12-26-20)28-18(36)10-2-8-16(24)34/h3-6,11-12H,1-2,7-10H2,(H2,23,33)(H2,24,34)(H,27,35)(H,28,36). The summed E-state index contributed by atoms with van der Waals surface area (Å²) in [5.74, 6) is -1.50. The predicted octanol–water partition coefficient (Wildman–Crippen LogP) is 0.579. The van der Waals surface area contributed by atoms with Crippen molar-refractivity contribution in [2.75, 3.05) is 10.6 Å². The van der Waals surface area contributed by atoms with Gasteiger partial charge in [-0.3, -0.25) is 29.1 Å². The maximum atomic E-state index is 12.2. The van der Waals surface area contributed by atoms with Gasteiger partial charge in [-0.25, -0.2) is 0 Å². The number of amides is 4. The molecule has 0 aliphatic rings. The summed E-state index contributed by atoms with van der Waals surface area (Å²) in [5, 5.41) is 21.7. The summed E-state index contributed by atoms with van der Waals surface area (Å²) < 4.78 is 0. The van der Waals surface area contributed by atoms with Gasteiger partial charge in [0.2, 0.25) is 35.3 Å². The van der Waals surface area contributed by atoms with Crippen LogP contribution in [0.1, 0.15) is 38.5 Å². The van der Waals surface area contributed by atoms with Gasteiger partial charge in [-0.15, -0.1) is 20.4 Å². The number of primary amides is 2. The number of hydrogen-bond donors (Lipinski definition) is 4. The third-order valence-corrected chi connectivity index (χ3v) is 4.72. The van der Waals surface area contributed by atoms with Crippen LogP contribution in [0.4, 0.5) is 11.4 Å². The molecule has 0 unspecified atom stereocenters. The number of aromatic nitrogens is 6. The van der Waals surface area contributed by atoms with Crippen LogP contribution < -0.4 is 22.1 Å². The first-order valence-electron chi connectivity index (χ1n) is 11.0. The van der Waals surface area contributed by atoms with Crippen molar-refractivity contribution in [3.8, 4) is 23.0 Å². The molecular formula is C22H24N10O4. The lowest BCUT2D eigenvalue weighted by Crippen LogP contribution is -2.16. The van der Waals surface area contributed by atoms with Crippen molar-refractivity contribution >= 4 is 35.0 Å². The molecule has 186 valence electrons. The number of nitrogens with zero attached hydrogens (tertiary/aromatic N) is 6. The van der Waals surface area contributed by atoms with E-state index < -0.39 is 11.8 Å². The smallest absolute Gasteiger partial charge is 0.224 e. The molecule has 0 aromatic carbocycles. The van der Waals surface area contributed by atoms with Crippen molar-refractivity contribution in [1.29, 1.82) is 0 Å². The van der Waals surface area contributed by atoms with Gasteiger partial charge in [0.05, 0.1) is 11.4 Å². The summed E-state index contributed by atoms with van der Waals surface area (Å²) in [7, 11) is 0. The first-order chi connectivity index (χ1) is 17.3. The Morgan fingerprint density at radius 1 is 0.639 bits per heavy atom. The minimum absolute atomic E-state index is 0.0553. The summed E-state index contributed by atoms with van der Waals surface area (Å²) in [4.78, 5) is 54.6. The average molecular weight is 493 g/mol. The fourth-order valence-electron chi connectivity index (χ4n) is 3.06. The number of carbonyl (C=O) groups excluding carboxylic acids is 4. The minimum Gasteiger partial charge on any atom is -0.370 e. The Kier molecular flexibility index (Phi) is 8.97. The Morgan fingerprint density at radius 3 is 1.39 bits per heavy atom. The highest BCUT2D eigenvalue weighted by Gasteiger charge is 2.17. The molecule has 0 fully saturated rings. The SMILES string of the molecule is NC(=O)CCCC(=O)Nc1cccnc1-c1nnc(-c2ncccc2NC(=O)CCCC(N)=O)nn1. The molecule has 0 saturated heterocycles. The fraction of sp³-hybridized carbons (Fsp3) is 0.273. The number of hydrogen-bond acceptors (Lipinski definition) is 10. The van der Waals surface area contributed by atoms with Gasteiger partial charge >= 0.3 is 0 Å². The number of anilines is 2. The van der Waals surface area contributed by atoms with E-state index in [9.17, 15) is 19.2 Å². The Balaban J connectivity index is 1.73. The van der Waals surface area contributed by atoms with Gasteiger partial charge in [0.15, 0.2) is 0 Å². The number of nitrogens with one attached hydrogen (secondary N) is 2. The highest BCUT2D eigenvalue weighted by Crippen LogP contribution is 2.24. The van der Waals surface area contributed by atoms with E-state index in [2.05, 4.69) is 41.0 Å². The van der Waals surface area contributed by atoms with Crippen LogP contribution >= 0.6 is 0 Å². The van der Waals surface area contributed by atoms with Crippen molar-refractivity contribution in [3.05, 3.63) is 36.7 Å². The van der Waals surface area contributed by atoms with Crippen molar-refractivity contribution in [2.24, 2.45) is 11.5 Å². The zero-order chi connectivity index (χ0) is 25.9. The van der Waals surface area contributed by atoms with Gasteiger partial charge in [-0.05, 0) is 37.1 Å². The van der Waals surface area contributed by atoms with E-state index in [1.807, 2.05) is 0 Å². The summed E-state index contributed by atoms with van der Waals surface area (Å²) >= 11 is 0. The topological polar surface area (TPSA) is 222 Å². The lowest BCUT2D eigenvalue weighted by Gasteiger charge is -2.10. The molecule has 0 radical (unpaired) electrons. The van der Waals surface area contributed by atoms with Crippen LogP contribution in [0.5, 0.6) is 0 Å². The average Bonchev–Trinajstić information content (AvgIpc) is 2.84. The van der Waals surface area contributed by atoms with Crippen molar-refractivity contribution < 1.29 is 19.2 Å². The van der Waals surface area contributed by atoms with Crippen LogP contribution in [0.25, 0.3) is 23.0 Å². The van der Waals surface area contributed by atoms with E-state index in [4.69, 9.17) is 11.5 Å². The quantitative estimate of drug-likeness (QED) is 0.275. The molecule has 3 aromatic heterocycles. The minimum atomic E-state index is -0.478. The second kappa shape index (κ2) is 12.5. The fourth-order valence-corrected chi connectivity index (χ4v) is 3.06. The van der Waals surface area contributed by atoms with E-state index >= 15 is 0 Å². The van der Waals surface area contributed by atoms with Crippen molar-refractivity contribution in [1.82, 2.24) is 30.4 Å². The number of rotatable bonds is 12. The van der Waals surface area contributed by atoms with E-state index in [1.165, 1.54) is 12.4 Å². The van der Waals surface area contributed by atoms with Crippen molar-refractivity contribution in [3.63, 3.8) is 0 Å². The molecule has 0 aliphatic carbocycles. The Morgan fingerprint density at radius 2 is 1.03 bits per heavy atom. The zero-order valence-electron chi connectivity index (χ0n) is 19.2. The molecule has 4 amide bonds. The van der Waals surface area contributed by atoms with Crippen LogP contribution in [-0.4, -0.2) is 54.0 Å². The lowest BCUT2D eigenvalue weighted by molar-refractivity contribution is -0.120. The largest absolute Gasteiger partial charge is 0.370 e. The van der Waals surface area contributed by atoms with Crippen molar-refractivity contribution in [2.45, 2.75) is 38.5 Å². The Labute approximate surface area is 205 Å². The molecule has 36 heavy (non-hydrogen) atoms. The van der Waals surface area contributed by atoms with Crippen LogP contribution in [-0.2, 0) is 19.2 Å². The highest BCUT2D eigenvalue weighted by atomic mass is 16.2. The summed E-state index contributed by atoms with van der Waals surface area (Å²) in [6.45, 7) is 0. The van der Waals surface area contributed by atoms with Crippen LogP contribution in [0.15, 0.2) is 36.7 Å². The summed E-state index contributed by atoms with van der Waals surface area (Å²) in [6, 6.07) is 6.50. The second-order valence-corrected chi connectivity index (χ2v) is 7.58. The van der Waals surface area contributed by atoms with Gasteiger partial charge in [0.25, 0.3) is 0 Å². The Bertz CT molecular complexity index is 1150. The molecule has 3 aromatic rings.